The van der Waals surface area contributed by atoms with Crippen molar-refractivity contribution in [1.82, 2.24) is 0 Å². The summed E-state index contributed by atoms with van der Waals surface area (Å²) in [4.78, 5) is 24.9. The highest BCUT2D eigenvalue weighted by molar-refractivity contribution is 6.15. The number of carbonyl (C=O) groups excluding carboxylic acids is 2. The van der Waals surface area contributed by atoms with Crippen LogP contribution >= 0.6 is 0 Å². The van der Waals surface area contributed by atoms with Crippen LogP contribution in [0.3, 0.4) is 0 Å². The molecule has 0 amide bonds. The maximum atomic E-state index is 12.5. The molecule has 0 aromatic rings. The zero-order valence-corrected chi connectivity index (χ0v) is 11.9. The van der Waals surface area contributed by atoms with Gasteiger partial charge in [0.15, 0.2) is 5.78 Å². The van der Waals surface area contributed by atoms with Crippen LogP contribution in [0.25, 0.3) is 0 Å². The molecule has 1 saturated heterocycles. The number of Topliss-reactive ketones (excluding diaryl/α,β-unsaturated/α-hetero) is 1. The molecule has 2 spiro atoms. The van der Waals surface area contributed by atoms with Gasteiger partial charge in [0.05, 0.1) is 0 Å². The molecule has 1 saturated carbocycles. The van der Waals surface area contributed by atoms with E-state index in [1.807, 2.05) is 13.8 Å². The highest BCUT2D eigenvalue weighted by Gasteiger charge is 2.62. The van der Waals surface area contributed by atoms with Crippen molar-refractivity contribution in [3.63, 3.8) is 0 Å². The standard InChI is InChI=1S/C16H22O3/c1-11-9-16(13(17)12(11)2)10-15(19-14(16)18)7-5-3-4-6-8-15/h3-10H2,1-2H3/t16-/m1/s1. The number of ether oxygens (including phenoxy) is 1. The lowest BCUT2D eigenvalue weighted by molar-refractivity contribution is -0.156. The molecule has 1 atom stereocenters. The van der Waals surface area contributed by atoms with Crippen LogP contribution in [0, 0.1) is 5.41 Å². The van der Waals surface area contributed by atoms with Crippen LogP contribution in [0.15, 0.2) is 11.1 Å². The smallest absolute Gasteiger partial charge is 0.321 e. The summed E-state index contributed by atoms with van der Waals surface area (Å²) in [5.74, 6) is -0.230. The summed E-state index contributed by atoms with van der Waals surface area (Å²) in [7, 11) is 0. The van der Waals surface area contributed by atoms with Gasteiger partial charge in [-0.25, -0.2) is 0 Å². The van der Waals surface area contributed by atoms with Crippen LogP contribution in [0.1, 0.15) is 65.2 Å². The summed E-state index contributed by atoms with van der Waals surface area (Å²) in [6, 6.07) is 0. The van der Waals surface area contributed by atoms with E-state index in [-0.39, 0.29) is 17.4 Å². The first kappa shape index (κ1) is 12.9. The fourth-order valence-corrected chi connectivity index (χ4v) is 4.13. The number of hydrogen-bond acceptors (Lipinski definition) is 3. The van der Waals surface area contributed by atoms with Crippen LogP contribution < -0.4 is 0 Å². The van der Waals surface area contributed by atoms with Crippen LogP contribution in [-0.4, -0.2) is 17.4 Å². The summed E-state index contributed by atoms with van der Waals surface area (Å²) >= 11 is 0. The Bertz CT molecular complexity index is 466. The highest BCUT2D eigenvalue weighted by atomic mass is 16.6. The Morgan fingerprint density at radius 2 is 1.63 bits per heavy atom. The van der Waals surface area contributed by atoms with Gasteiger partial charge in [-0.05, 0) is 51.5 Å². The Kier molecular flexibility index (Phi) is 2.84. The summed E-state index contributed by atoms with van der Waals surface area (Å²) in [5.41, 5.74) is 0.641. The number of hydrogen-bond donors (Lipinski definition) is 0. The molecule has 3 heteroatoms. The van der Waals surface area contributed by atoms with Crippen LogP contribution in [0.2, 0.25) is 0 Å². The third-order valence-corrected chi connectivity index (χ3v) is 5.32. The molecular weight excluding hydrogens is 240 g/mol. The zero-order chi connectivity index (χ0) is 13.7. The minimum Gasteiger partial charge on any atom is -0.458 e. The summed E-state index contributed by atoms with van der Waals surface area (Å²) in [5, 5.41) is 0. The lowest BCUT2D eigenvalue weighted by Gasteiger charge is -2.26. The largest absolute Gasteiger partial charge is 0.458 e. The zero-order valence-electron chi connectivity index (χ0n) is 11.9. The topological polar surface area (TPSA) is 43.4 Å². The van der Waals surface area contributed by atoms with Crippen molar-refractivity contribution in [1.29, 1.82) is 0 Å². The fraction of sp³-hybridized carbons (Fsp3) is 0.750. The van der Waals surface area contributed by atoms with Gasteiger partial charge in [-0.1, -0.05) is 18.4 Å². The monoisotopic (exact) mass is 262 g/mol. The lowest BCUT2D eigenvalue weighted by Crippen LogP contribution is -2.33. The first-order valence-corrected chi connectivity index (χ1v) is 7.44. The molecule has 2 aliphatic carbocycles. The van der Waals surface area contributed by atoms with Gasteiger partial charge in [-0.15, -0.1) is 0 Å². The lowest BCUT2D eigenvalue weighted by atomic mass is 9.74. The van der Waals surface area contributed by atoms with Gasteiger partial charge in [-0.3, -0.25) is 9.59 Å². The third-order valence-electron chi connectivity index (χ3n) is 5.32. The maximum absolute atomic E-state index is 12.5. The van der Waals surface area contributed by atoms with Gasteiger partial charge in [0.2, 0.25) is 0 Å². The van der Waals surface area contributed by atoms with Gasteiger partial charge < -0.3 is 4.74 Å². The van der Waals surface area contributed by atoms with E-state index in [0.717, 1.165) is 36.8 Å². The Labute approximate surface area is 114 Å². The average Bonchev–Trinajstić information content (AvgIpc) is 2.66. The average molecular weight is 262 g/mol. The van der Waals surface area contributed by atoms with E-state index >= 15 is 0 Å². The van der Waals surface area contributed by atoms with Crippen molar-refractivity contribution in [2.75, 3.05) is 0 Å². The predicted octanol–water partition coefficient (Wildman–Crippen LogP) is 3.32. The van der Waals surface area contributed by atoms with Crippen molar-refractivity contribution in [2.24, 2.45) is 5.41 Å². The molecule has 2 fully saturated rings. The molecule has 3 nitrogen and oxygen atoms in total. The van der Waals surface area contributed by atoms with Gasteiger partial charge in [-0.2, -0.15) is 0 Å². The highest BCUT2D eigenvalue weighted by Crippen LogP contribution is 2.54. The van der Waals surface area contributed by atoms with Crippen molar-refractivity contribution in [3.05, 3.63) is 11.1 Å². The second-order valence-electron chi connectivity index (χ2n) is 6.66. The maximum Gasteiger partial charge on any atom is 0.321 e. The van der Waals surface area contributed by atoms with Crippen molar-refractivity contribution in [2.45, 2.75) is 70.8 Å². The minimum atomic E-state index is -0.863. The van der Waals surface area contributed by atoms with Crippen molar-refractivity contribution < 1.29 is 14.3 Å². The Morgan fingerprint density at radius 3 is 2.16 bits per heavy atom. The molecule has 19 heavy (non-hydrogen) atoms. The summed E-state index contributed by atoms with van der Waals surface area (Å²) < 4.78 is 5.79. The summed E-state index contributed by atoms with van der Waals surface area (Å²) in [6.07, 6.45) is 7.74. The third kappa shape index (κ3) is 1.78. The van der Waals surface area contributed by atoms with Crippen molar-refractivity contribution in [3.8, 4) is 0 Å². The molecule has 0 bridgehead atoms. The number of rotatable bonds is 0. The Morgan fingerprint density at radius 1 is 1.00 bits per heavy atom. The second-order valence-corrected chi connectivity index (χ2v) is 6.66. The van der Waals surface area contributed by atoms with Crippen molar-refractivity contribution >= 4 is 11.8 Å². The van der Waals surface area contributed by atoms with E-state index in [1.165, 1.54) is 12.8 Å². The van der Waals surface area contributed by atoms with E-state index in [1.54, 1.807) is 0 Å². The number of esters is 1. The Hall–Kier alpha value is -1.12. The SMILES string of the molecule is CC1=C(C)C(=O)[C@@]2(C1)CC1(CCCCCC1)OC2=O. The molecule has 104 valence electrons. The Balaban J connectivity index is 1.91. The molecule has 0 aromatic heterocycles. The van der Waals surface area contributed by atoms with Crippen LogP contribution in [0.5, 0.6) is 0 Å². The normalized spacial score (nSPS) is 34.2. The molecule has 0 radical (unpaired) electrons. The van der Waals surface area contributed by atoms with E-state index in [0.29, 0.717) is 12.8 Å². The van der Waals surface area contributed by atoms with E-state index in [9.17, 15) is 9.59 Å². The molecule has 1 aliphatic heterocycles. The molecule has 0 unspecified atom stereocenters. The number of ketones is 1. The quantitative estimate of drug-likeness (QED) is 0.497. The molecule has 0 N–H and O–H groups in total. The van der Waals surface area contributed by atoms with E-state index in [2.05, 4.69) is 0 Å². The molecular formula is C16H22O3. The summed E-state index contributed by atoms with van der Waals surface area (Å²) in [6.45, 7) is 3.81. The molecule has 1 heterocycles. The molecule has 3 rings (SSSR count). The molecule has 3 aliphatic rings. The van der Waals surface area contributed by atoms with E-state index < -0.39 is 5.41 Å². The predicted molar refractivity (Wildman–Crippen MR) is 71.6 cm³/mol. The number of carbonyl (C=O) groups is 2. The second kappa shape index (κ2) is 4.19. The molecule has 0 aromatic carbocycles. The van der Waals surface area contributed by atoms with Gasteiger partial charge in [0, 0.05) is 6.42 Å². The van der Waals surface area contributed by atoms with Gasteiger partial charge in [0.25, 0.3) is 0 Å². The first-order valence-electron chi connectivity index (χ1n) is 7.44. The fourth-order valence-electron chi connectivity index (χ4n) is 4.13. The first-order chi connectivity index (χ1) is 8.99. The number of allylic oxidation sites excluding steroid dienone is 2. The van der Waals surface area contributed by atoms with Crippen LogP contribution in [0.4, 0.5) is 0 Å². The van der Waals surface area contributed by atoms with Gasteiger partial charge >= 0.3 is 5.97 Å². The minimum absolute atomic E-state index is 0.0242. The van der Waals surface area contributed by atoms with Gasteiger partial charge in [0.1, 0.15) is 11.0 Å². The van der Waals surface area contributed by atoms with Crippen LogP contribution in [-0.2, 0) is 14.3 Å². The van der Waals surface area contributed by atoms with E-state index in [4.69, 9.17) is 4.74 Å².